The Kier molecular flexibility index (Phi) is 8.65. The fourth-order valence-electron chi connectivity index (χ4n) is 6.72. The zero-order chi connectivity index (χ0) is 33.1. The third-order valence-corrected chi connectivity index (χ3v) is 15.5. The first-order chi connectivity index (χ1) is 23.5. The van der Waals surface area contributed by atoms with Crippen LogP contribution in [0.3, 0.4) is 0 Å². The topological polar surface area (TPSA) is 54.6 Å². The van der Waals surface area contributed by atoms with E-state index >= 15 is 4.57 Å². The van der Waals surface area contributed by atoms with E-state index in [9.17, 15) is 4.89 Å². The molecule has 0 saturated heterocycles. The zero-order valence-electron chi connectivity index (χ0n) is 26.6. The summed E-state index contributed by atoms with van der Waals surface area (Å²) < 4.78 is 17.7. The average molecular weight is 663 g/mol. The van der Waals surface area contributed by atoms with E-state index in [0.29, 0.717) is 10.6 Å². The number of aromatic nitrogens is 1. The SMILES string of the molecule is C=N/C=C(\C=C/C)P(=O)(c1ccccc1)c1ccc2c(c1)c1cc([PH](O)(c3ccccc3)c3ccccc3)ccc1n2-c1ccccc1. The van der Waals surface area contributed by atoms with E-state index in [1.165, 1.54) is 0 Å². The quantitative estimate of drug-likeness (QED) is 0.0964. The summed E-state index contributed by atoms with van der Waals surface area (Å²) in [6.07, 6.45) is 5.36. The number of para-hydroxylation sites is 1. The average Bonchev–Trinajstić information content (AvgIpc) is 3.48. The van der Waals surface area contributed by atoms with Gasteiger partial charge in [0.2, 0.25) is 0 Å². The molecule has 0 saturated carbocycles. The van der Waals surface area contributed by atoms with Gasteiger partial charge in [-0.15, -0.1) is 0 Å². The second-order valence-corrected chi connectivity index (χ2v) is 17.6. The first-order valence-electron chi connectivity index (χ1n) is 15.9. The Balaban J connectivity index is 1.56. The molecule has 0 aliphatic rings. The van der Waals surface area contributed by atoms with Crippen molar-refractivity contribution >= 4 is 69.7 Å². The maximum absolute atomic E-state index is 15.5. The van der Waals surface area contributed by atoms with E-state index in [1.807, 2.05) is 134 Å². The van der Waals surface area contributed by atoms with Crippen LogP contribution >= 0.6 is 14.6 Å². The van der Waals surface area contributed by atoms with Crippen LogP contribution in [0.15, 0.2) is 186 Å². The summed E-state index contributed by atoms with van der Waals surface area (Å²) in [5, 5.41) is 6.65. The number of benzene rings is 6. The van der Waals surface area contributed by atoms with Gasteiger partial charge in [-0.25, -0.2) is 0 Å². The van der Waals surface area contributed by atoms with Crippen molar-refractivity contribution in [3.05, 3.63) is 181 Å². The zero-order valence-corrected chi connectivity index (χ0v) is 28.5. The Hall–Kier alpha value is -5.11. The number of aliphatic imine (C=N–C) groups is 1. The third-order valence-electron chi connectivity index (χ3n) is 8.97. The summed E-state index contributed by atoms with van der Waals surface area (Å²) in [6.45, 7) is 5.60. The molecule has 0 aliphatic carbocycles. The van der Waals surface area contributed by atoms with E-state index in [4.69, 9.17) is 0 Å². The molecule has 1 unspecified atom stereocenters. The van der Waals surface area contributed by atoms with Gasteiger partial charge < -0.3 is 0 Å². The fourth-order valence-corrected chi connectivity index (χ4v) is 12.4. The van der Waals surface area contributed by atoms with Gasteiger partial charge in [0, 0.05) is 0 Å². The molecule has 1 aromatic heterocycles. The number of fused-ring (bicyclic) bond motifs is 3. The first kappa shape index (κ1) is 31.5. The van der Waals surface area contributed by atoms with Gasteiger partial charge in [0.15, 0.2) is 0 Å². The summed E-state index contributed by atoms with van der Waals surface area (Å²) in [5.74, 6) is 0. The van der Waals surface area contributed by atoms with Gasteiger partial charge in [-0.3, -0.25) is 0 Å². The Bertz CT molecular complexity index is 2310. The van der Waals surface area contributed by atoms with Gasteiger partial charge in [0.05, 0.1) is 0 Å². The number of rotatable bonds is 9. The molecule has 236 valence electrons. The van der Waals surface area contributed by atoms with Crippen molar-refractivity contribution in [1.82, 2.24) is 4.57 Å². The molecule has 1 N–H and O–H groups in total. The predicted molar refractivity (Wildman–Crippen MR) is 209 cm³/mol. The van der Waals surface area contributed by atoms with Crippen LogP contribution in [0.25, 0.3) is 27.5 Å². The van der Waals surface area contributed by atoms with Crippen LogP contribution in [0, 0.1) is 0 Å². The minimum atomic E-state index is -3.40. The summed E-state index contributed by atoms with van der Waals surface area (Å²) in [7, 11) is -6.76. The van der Waals surface area contributed by atoms with Crippen molar-refractivity contribution in [1.29, 1.82) is 0 Å². The molecule has 0 bridgehead atoms. The molecule has 7 aromatic rings. The van der Waals surface area contributed by atoms with Crippen LogP contribution in [-0.2, 0) is 4.57 Å². The Morgan fingerprint density at radius 1 is 0.667 bits per heavy atom. The van der Waals surface area contributed by atoms with Gasteiger partial charge in [0.1, 0.15) is 0 Å². The second kappa shape index (κ2) is 13.2. The van der Waals surface area contributed by atoms with E-state index in [2.05, 4.69) is 58.7 Å². The fraction of sp³-hybridized carbons (Fsp3) is 0.0238. The van der Waals surface area contributed by atoms with Crippen LogP contribution in [0.1, 0.15) is 6.92 Å². The van der Waals surface area contributed by atoms with Crippen LogP contribution in [0.5, 0.6) is 0 Å². The summed E-state index contributed by atoms with van der Waals surface area (Å²) in [5.41, 5.74) is 3.01. The van der Waals surface area contributed by atoms with Crippen molar-refractivity contribution in [2.75, 3.05) is 0 Å². The van der Waals surface area contributed by atoms with E-state index in [-0.39, 0.29) is 0 Å². The molecule has 0 spiro atoms. The Morgan fingerprint density at radius 2 is 1.19 bits per heavy atom. The molecule has 6 aromatic carbocycles. The van der Waals surface area contributed by atoms with Crippen molar-refractivity contribution < 1.29 is 9.46 Å². The minimum absolute atomic E-state index is 0.605. The molecular formula is C42H36N2O2P2. The maximum atomic E-state index is 15.5. The van der Waals surface area contributed by atoms with Crippen LogP contribution in [-0.4, -0.2) is 16.2 Å². The van der Waals surface area contributed by atoms with E-state index < -0.39 is 14.6 Å². The molecule has 0 aliphatic heterocycles. The normalized spacial score (nSPS) is 13.9. The monoisotopic (exact) mass is 662 g/mol. The summed E-state index contributed by atoms with van der Waals surface area (Å²) in [6, 6.07) is 52.3. The molecule has 48 heavy (non-hydrogen) atoms. The number of hydrogen-bond acceptors (Lipinski definition) is 3. The second-order valence-electron chi connectivity index (χ2n) is 11.7. The standard InChI is InChI=1S/C42H36N2O2P2/c1-3-16-38(31-43-2)48(46,35-23-14-7-15-24-35)37-26-28-42-40(30-37)39-29-36(25-27-41(39)44(42)32-17-8-4-9-18-32)47(45,33-19-10-5-11-20-33)34-21-12-6-13-22-34/h3-31,45,47H,2H2,1H3/b16-3-,38-31+. The Labute approximate surface area is 281 Å². The molecule has 0 amide bonds. The van der Waals surface area contributed by atoms with Gasteiger partial charge in [-0.05, 0) is 0 Å². The molecule has 0 radical (unpaired) electrons. The molecule has 1 heterocycles. The van der Waals surface area contributed by atoms with E-state index in [0.717, 1.165) is 48.7 Å². The molecule has 4 nitrogen and oxygen atoms in total. The van der Waals surface area contributed by atoms with Crippen LogP contribution in [0.4, 0.5) is 0 Å². The summed E-state index contributed by atoms with van der Waals surface area (Å²) >= 11 is 0. The van der Waals surface area contributed by atoms with Crippen LogP contribution in [0.2, 0.25) is 0 Å². The van der Waals surface area contributed by atoms with Gasteiger partial charge in [0.25, 0.3) is 0 Å². The van der Waals surface area contributed by atoms with Gasteiger partial charge >= 0.3 is 283 Å². The van der Waals surface area contributed by atoms with Crippen LogP contribution < -0.4 is 26.5 Å². The predicted octanol–water partition coefficient (Wildman–Crippen LogP) is 8.15. The van der Waals surface area contributed by atoms with Crippen molar-refractivity contribution in [3.63, 3.8) is 0 Å². The molecular weight excluding hydrogens is 626 g/mol. The van der Waals surface area contributed by atoms with Gasteiger partial charge in [-0.2, -0.15) is 0 Å². The molecule has 1 atom stereocenters. The van der Waals surface area contributed by atoms with E-state index in [1.54, 1.807) is 6.20 Å². The van der Waals surface area contributed by atoms with Gasteiger partial charge in [-0.1, -0.05) is 0 Å². The first-order valence-corrected chi connectivity index (χ1v) is 19.6. The van der Waals surface area contributed by atoms with Crippen molar-refractivity contribution in [2.45, 2.75) is 6.92 Å². The van der Waals surface area contributed by atoms with Crippen molar-refractivity contribution in [3.8, 4) is 5.69 Å². The number of allylic oxidation sites excluding steroid dienone is 3. The molecule has 7 rings (SSSR count). The summed E-state index contributed by atoms with van der Waals surface area (Å²) in [4.78, 5) is 16.9. The molecule has 6 heteroatoms. The third kappa shape index (κ3) is 5.29. The number of hydrogen-bond donors (Lipinski definition) is 1. The molecule has 0 fully saturated rings. The van der Waals surface area contributed by atoms with Crippen molar-refractivity contribution in [2.24, 2.45) is 4.99 Å². The number of nitrogens with zero attached hydrogens (tertiary/aromatic N) is 2. The Morgan fingerprint density at radius 3 is 1.75 bits per heavy atom.